The SMILES string of the molecule is CCc1oc2ccc[c-]c2c1-c1cn(C)c(C([N-]c2c(C(C)C)cccc2C(C)C)c2c(C(C)C)cc(C(C)C)cc2C(C)C)n1.C[N-]C.[CH3-].[Hf+4]. The van der Waals surface area contributed by atoms with Gasteiger partial charge in [-0.25, -0.2) is 4.98 Å². The van der Waals surface area contributed by atoms with Gasteiger partial charge in [-0.3, -0.25) is 0 Å². The van der Waals surface area contributed by atoms with Crippen LogP contribution >= 0.6 is 0 Å². The molecular weight excluding hydrogens is 791 g/mol. The summed E-state index contributed by atoms with van der Waals surface area (Å²) in [6.45, 7) is 25.1. The van der Waals surface area contributed by atoms with Crippen LogP contribution in [0.5, 0.6) is 0 Å². The predicted octanol–water partition coefficient (Wildman–Crippen LogP) is 13.7. The summed E-state index contributed by atoms with van der Waals surface area (Å²) < 4.78 is 8.51. The molecule has 0 aliphatic carbocycles. The van der Waals surface area contributed by atoms with Crippen molar-refractivity contribution in [2.45, 2.75) is 118 Å². The minimum Gasteiger partial charge on any atom is -0.671 e. The topological polar surface area (TPSA) is 59.2 Å². The van der Waals surface area contributed by atoms with E-state index in [9.17, 15) is 0 Å². The molecule has 3 aromatic carbocycles. The molecule has 5 rings (SSSR count). The van der Waals surface area contributed by atoms with Crippen LogP contribution in [-0.4, -0.2) is 23.6 Å². The van der Waals surface area contributed by atoms with E-state index in [2.05, 4.69) is 136 Å². The summed E-state index contributed by atoms with van der Waals surface area (Å²) in [6, 6.07) is 20.7. The van der Waals surface area contributed by atoms with Gasteiger partial charge in [0.15, 0.2) is 0 Å². The molecule has 51 heavy (non-hydrogen) atoms. The minimum absolute atomic E-state index is 0. The van der Waals surface area contributed by atoms with E-state index < -0.39 is 0 Å². The molecule has 0 N–H and O–H groups in total. The van der Waals surface area contributed by atoms with Gasteiger partial charge < -0.3 is 27.0 Å². The zero-order chi connectivity index (χ0) is 36.2. The third-order valence-corrected chi connectivity index (χ3v) is 9.37. The van der Waals surface area contributed by atoms with Crippen molar-refractivity contribution in [1.29, 1.82) is 0 Å². The zero-order valence-electron chi connectivity index (χ0n) is 34.1. The quantitative estimate of drug-likeness (QED) is 0.0982. The summed E-state index contributed by atoms with van der Waals surface area (Å²) >= 11 is 0. The number of rotatable bonds is 11. The van der Waals surface area contributed by atoms with Gasteiger partial charge in [0.1, 0.15) is 0 Å². The summed E-state index contributed by atoms with van der Waals surface area (Å²) in [4.78, 5) is 5.48. The van der Waals surface area contributed by atoms with E-state index in [-0.39, 0.29) is 39.3 Å². The third-order valence-electron chi connectivity index (χ3n) is 9.37. The van der Waals surface area contributed by atoms with E-state index in [0.717, 1.165) is 45.9 Å². The summed E-state index contributed by atoms with van der Waals surface area (Å²) in [5, 5.41) is 10.3. The third kappa shape index (κ3) is 9.53. The molecule has 1 atom stereocenters. The summed E-state index contributed by atoms with van der Waals surface area (Å²) in [6.07, 6.45) is 2.94. The van der Waals surface area contributed by atoms with Gasteiger partial charge in [0.05, 0.1) is 17.3 Å². The van der Waals surface area contributed by atoms with Gasteiger partial charge in [0.25, 0.3) is 0 Å². The Hall–Kier alpha value is -2.96. The van der Waals surface area contributed by atoms with Gasteiger partial charge in [-0.1, -0.05) is 123 Å². The van der Waals surface area contributed by atoms with Crippen molar-refractivity contribution < 1.29 is 30.3 Å². The number of hydrogen-bond acceptors (Lipinski definition) is 2. The zero-order valence-corrected chi connectivity index (χ0v) is 37.7. The molecule has 0 saturated heterocycles. The van der Waals surface area contributed by atoms with E-state index in [1.54, 1.807) is 14.1 Å². The molecule has 0 spiro atoms. The molecule has 2 heterocycles. The average Bonchev–Trinajstić information content (AvgIpc) is 3.62. The molecule has 0 aliphatic heterocycles. The fraction of sp³-hybridized carbons (Fsp3) is 0.467. The number of fused-ring (bicyclic) bond motifs is 1. The minimum atomic E-state index is -0.292. The maximum Gasteiger partial charge on any atom is 4.00 e. The van der Waals surface area contributed by atoms with Crippen LogP contribution in [0, 0.1) is 13.5 Å². The Labute approximate surface area is 329 Å². The molecular formula is C45H62HfN4O. The molecule has 0 aliphatic rings. The molecule has 6 heteroatoms. The average molecular weight is 854 g/mol. The second-order valence-corrected chi connectivity index (χ2v) is 14.9. The van der Waals surface area contributed by atoms with Crippen LogP contribution in [-0.2, 0) is 39.3 Å². The van der Waals surface area contributed by atoms with Crippen molar-refractivity contribution in [3.8, 4) is 11.3 Å². The van der Waals surface area contributed by atoms with Crippen LogP contribution in [0.15, 0.2) is 59.1 Å². The van der Waals surface area contributed by atoms with Crippen molar-refractivity contribution in [3.63, 3.8) is 0 Å². The van der Waals surface area contributed by atoms with Crippen LogP contribution < -0.4 is 0 Å². The van der Waals surface area contributed by atoms with Crippen LogP contribution in [0.1, 0.15) is 157 Å². The normalized spacial score (nSPS) is 12.0. The van der Waals surface area contributed by atoms with Crippen LogP contribution in [0.3, 0.4) is 0 Å². The molecule has 0 amide bonds. The van der Waals surface area contributed by atoms with E-state index in [1.807, 2.05) is 18.2 Å². The van der Waals surface area contributed by atoms with Gasteiger partial charge in [-0.2, -0.15) is 14.1 Å². The maximum atomic E-state index is 6.31. The molecule has 0 fully saturated rings. The molecule has 1 unspecified atom stereocenters. The van der Waals surface area contributed by atoms with Gasteiger partial charge in [0, 0.05) is 18.8 Å². The summed E-state index contributed by atoms with van der Waals surface area (Å²) in [5.74, 6) is 3.65. The number of furan rings is 1. The monoisotopic (exact) mass is 854 g/mol. The number of aryl methyl sites for hydroxylation is 2. The molecule has 0 radical (unpaired) electrons. The number of para-hydroxylation sites is 1. The van der Waals surface area contributed by atoms with Crippen molar-refractivity contribution in [3.05, 3.63) is 124 Å². The first-order valence-corrected chi connectivity index (χ1v) is 18.2. The van der Waals surface area contributed by atoms with E-state index in [1.165, 1.54) is 33.4 Å². The fourth-order valence-corrected chi connectivity index (χ4v) is 6.77. The van der Waals surface area contributed by atoms with Crippen LogP contribution in [0.2, 0.25) is 0 Å². The largest absolute Gasteiger partial charge is 4.00 e. The molecule has 0 saturated carbocycles. The van der Waals surface area contributed by atoms with Crippen molar-refractivity contribution in [1.82, 2.24) is 9.55 Å². The Morgan fingerprint density at radius 1 is 0.784 bits per heavy atom. The second-order valence-electron chi connectivity index (χ2n) is 14.9. The van der Waals surface area contributed by atoms with E-state index in [4.69, 9.17) is 14.7 Å². The van der Waals surface area contributed by atoms with Crippen LogP contribution in [0.4, 0.5) is 5.69 Å². The number of nitrogens with zero attached hydrogens (tertiary/aromatic N) is 4. The molecule has 0 bridgehead atoms. The van der Waals surface area contributed by atoms with Gasteiger partial charge in [0.2, 0.25) is 0 Å². The Kier molecular flexibility index (Phi) is 16.7. The number of imidazole rings is 1. The van der Waals surface area contributed by atoms with Gasteiger partial charge in [-0.15, -0.1) is 30.0 Å². The second kappa shape index (κ2) is 19.2. The number of hydrogen-bond donors (Lipinski definition) is 0. The molecule has 272 valence electrons. The van der Waals surface area contributed by atoms with Crippen molar-refractivity contribution in [2.24, 2.45) is 7.05 Å². The van der Waals surface area contributed by atoms with E-state index in [0.29, 0.717) is 29.6 Å². The fourth-order valence-electron chi connectivity index (χ4n) is 6.77. The van der Waals surface area contributed by atoms with Crippen molar-refractivity contribution in [2.75, 3.05) is 14.1 Å². The Morgan fingerprint density at radius 3 is 1.78 bits per heavy atom. The molecule has 2 aromatic heterocycles. The van der Waals surface area contributed by atoms with Crippen LogP contribution in [0.25, 0.3) is 32.9 Å². The van der Waals surface area contributed by atoms with Gasteiger partial charge in [-0.05, 0) is 69.9 Å². The molecule has 5 aromatic rings. The first-order chi connectivity index (χ1) is 23.2. The molecule has 5 nitrogen and oxygen atoms in total. The standard InChI is InChI=1S/C42H53N3O.C2H6N.CH3.Hf/c1-13-36-39(32-17-14-15-20-37(32)46-36)35-23-45(12)42(43-35)41(44-40-30(25(4)5)18-16-19-31(40)26(6)7)38-33(27(8)9)21-29(24(2)3)22-34(38)28(10)11;1-3-2;;/h14-16,18-28,41H,13H2,1-12H3;1-2H3;1H3;/q-2;2*-1;+4. The maximum absolute atomic E-state index is 6.31. The Morgan fingerprint density at radius 2 is 1.31 bits per heavy atom. The predicted molar refractivity (Wildman–Crippen MR) is 216 cm³/mol. The summed E-state index contributed by atoms with van der Waals surface area (Å²) in [7, 11) is 5.62. The number of benzene rings is 3. The first-order valence-electron chi connectivity index (χ1n) is 18.2. The number of aromatic nitrogens is 2. The smallest absolute Gasteiger partial charge is 0.671 e. The summed E-state index contributed by atoms with van der Waals surface area (Å²) in [5.41, 5.74) is 11.9. The van der Waals surface area contributed by atoms with E-state index >= 15 is 0 Å². The Bertz CT molecular complexity index is 1790. The first kappa shape index (κ1) is 44.2. The Balaban J connectivity index is 0.00000174. The van der Waals surface area contributed by atoms with Crippen molar-refractivity contribution >= 4 is 16.7 Å². The van der Waals surface area contributed by atoms with Gasteiger partial charge >= 0.3 is 25.8 Å².